The van der Waals surface area contributed by atoms with Gasteiger partial charge in [0, 0.05) is 12.1 Å². The third-order valence-electron chi connectivity index (χ3n) is 4.25. The number of hydrogen-bond acceptors (Lipinski definition) is 7. The highest BCUT2D eigenvalue weighted by Gasteiger charge is 2.37. The largest absolute Gasteiger partial charge is 0.506 e. The van der Waals surface area contributed by atoms with Gasteiger partial charge in [0.2, 0.25) is 0 Å². The standard InChI is InChI=1S/C18H20FN3O7S/c1-18(2,26)5-6-20-17(25)14-4-3-13(29-14)10-7-11(19)16(12(23)8-10)22-9-15(24)21-30(22,27)28/h3-4,7-8,23,26H,5-6,9H2,1-2H3,(H,20,25)(H,21,24). The smallest absolute Gasteiger partial charge is 0.326 e. The van der Waals surface area contributed by atoms with Crippen LogP contribution in [0.5, 0.6) is 5.75 Å². The van der Waals surface area contributed by atoms with Crippen LogP contribution in [-0.4, -0.2) is 49.1 Å². The van der Waals surface area contributed by atoms with Crippen LogP contribution in [-0.2, 0) is 15.0 Å². The van der Waals surface area contributed by atoms with Crippen molar-refractivity contribution in [2.24, 2.45) is 0 Å². The maximum Gasteiger partial charge on any atom is 0.326 e. The molecule has 1 saturated heterocycles. The van der Waals surface area contributed by atoms with Crippen molar-refractivity contribution in [2.45, 2.75) is 25.9 Å². The van der Waals surface area contributed by atoms with Crippen molar-refractivity contribution in [2.75, 3.05) is 17.4 Å². The first kappa shape index (κ1) is 21.6. The Morgan fingerprint density at radius 2 is 2.07 bits per heavy atom. The zero-order valence-electron chi connectivity index (χ0n) is 16.1. The first-order valence-electron chi connectivity index (χ1n) is 8.84. The van der Waals surface area contributed by atoms with E-state index >= 15 is 0 Å². The maximum absolute atomic E-state index is 14.6. The fourth-order valence-corrected chi connectivity index (χ4v) is 3.97. The number of hydrogen-bond donors (Lipinski definition) is 4. The number of phenolic OH excluding ortho intramolecular Hbond substituents is 1. The molecule has 0 radical (unpaired) electrons. The zero-order valence-corrected chi connectivity index (χ0v) is 16.9. The van der Waals surface area contributed by atoms with Crippen LogP contribution in [0, 0.1) is 5.82 Å². The second-order valence-corrected chi connectivity index (χ2v) is 8.94. The molecule has 0 saturated carbocycles. The summed E-state index contributed by atoms with van der Waals surface area (Å²) in [5, 5.41) is 22.4. The minimum atomic E-state index is -4.30. The molecule has 0 atom stereocenters. The van der Waals surface area contributed by atoms with Crippen LogP contribution < -0.4 is 14.3 Å². The Kier molecular flexibility index (Phi) is 5.48. The molecule has 10 nitrogen and oxygen atoms in total. The predicted octanol–water partition coefficient (Wildman–Crippen LogP) is 0.863. The van der Waals surface area contributed by atoms with Gasteiger partial charge in [0.15, 0.2) is 11.6 Å². The maximum atomic E-state index is 14.6. The number of benzene rings is 1. The number of nitrogens with one attached hydrogen (secondary N) is 2. The van der Waals surface area contributed by atoms with Gasteiger partial charge in [-0.2, -0.15) is 8.42 Å². The molecule has 1 fully saturated rings. The minimum absolute atomic E-state index is 0.0557. The van der Waals surface area contributed by atoms with Gasteiger partial charge in [0.25, 0.3) is 11.8 Å². The van der Waals surface area contributed by atoms with E-state index in [2.05, 4.69) is 5.32 Å². The molecular formula is C18H20FN3O7S. The van der Waals surface area contributed by atoms with Crippen molar-refractivity contribution in [3.8, 4) is 17.1 Å². The Bertz CT molecular complexity index is 1080. The SMILES string of the molecule is CC(C)(O)CCNC(=O)c1ccc(-c2cc(O)c(N3CC(=O)NS3(=O)=O)c(F)c2)o1. The lowest BCUT2D eigenvalue weighted by Gasteiger charge is -2.17. The van der Waals surface area contributed by atoms with E-state index in [1.54, 1.807) is 18.6 Å². The van der Waals surface area contributed by atoms with Crippen LogP contribution in [0.15, 0.2) is 28.7 Å². The van der Waals surface area contributed by atoms with E-state index in [0.717, 1.165) is 12.1 Å². The van der Waals surface area contributed by atoms with Gasteiger partial charge in [-0.05, 0) is 44.5 Å². The van der Waals surface area contributed by atoms with E-state index in [0.29, 0.717) is 10.7 Å². The summed E-state index contributed by atoms with van der Waals surface area (Å²) >= 11 is 0. The molecule has 0 aliphatic carbocycles. The normalized spacial score (nSPS) is 15.9. The van der Waals surface area contributed by atoms with Gasteiger partial charge in [-0.25, -0.2) is 13.4 Å². The number of phenols is 1. The second kappa shape index (κ2) is 7.61. The topological polar surface area (TPSA) is 149 Å². The Hall–Kier alpha value is -3.12. The van der Waals surface area contributed by atoms with E-state index < -0.39 is 51.4 Å². The second-order valence-electron chi connectivity index (χ2n) is 7.34. The van der Waals surface area contributed by atoms with Crippen molar-refractivity contribution in [3.63, 3.8) is 0 Å². The van der Waals surface area contributed by atoms with Gasteiger partial charge in [0.1, 0.15) is 23.7 Å². The summed E-state index contributed by atoms with van der Waals surface area (Å²) < 4.78 is 45.9. The Labute approximate surface area is 171 Å². The first-order chi connectivity index (χ1) is 13.9. The molecule has 2 heterocycles. The lowest BCUT2D eigenvalue weighted by atomic mass is 10.1. The van der Waals surface area contributed by atoms with Crippen molar-refractivity contribution in [1.29, 1.82) is 0 Å². The molecule has 0 spiro atoms. The number of aromatic hydroxyl groups is 1. The number of rotatable bonds is 6. The highest BCUT2D eigenvalue weighted by Crippen LogP contribution is 2.37. The Morgan fingerprint density at radius 1 is 1.37 bits per heavy atom. The number of anilines is 1. The van der Waals surface area contributed by atoms with Crippen LogP contribution in [0.3, 0.4) is 0 Å². The van der Waals surface area contributed by atoms with Gasteiger partial charge in [-0.1, -0.05) is 0 Å². The third kappa shape index (κ3) is 4.54. The quantitative estimate of drug-likeness (QED) is 0.519. The summed E-state index contributed by atoms with van der Waals surface area (Å²) in [5.74, 6) is -3.23. The van der Waals surface area contributed by atoms with Gasteiger partial charge in [-0.15, -0.1) is 0 Å². The number of carbonyl (C=O) groups excluding carboxylic acids is 2. The molecular weight excluding hydrogens is 421 g/mol. The van der Waals surface area contributed by atoms with Gasteiger partial charge in [0.05, 0.1) is 5.60 Å². The number of amides is 2. The van der Waals surface area contributed by atoms with Crippen molar-refractivity contribution < 1.29 is 37.0 Å². The van der Waals surface area contributed by atoms with Crippen LogP contribution in [0.1, 0.15) is 30.8 Å². The Balaban J connectivity index is 1.81. The number of halogens is 1. The fraction of sp³-hybridized carbons (Fsp3) is 0.333. The first-order valence-corrected chi connectivity index (χ1v) is 10.3. The van der Waals surface area contributed by atoms with Crippen molar-refractivity contribution in [3.05, 3.63) is 35.8 Å². The number of nitrogens with zero attached hydrogens (tertiary/aromatic N) is 1. The average Bonchev–Trinajstić information content (AvgIpc) is 3.17. The molecule has 2 amide bonds. The molecule has 1 aromatic carbocycles. The highest BCUT2D eigenvalue weighted by atomic mass is 32.2. The van der Waals surface area contributed by atoms with Crippen molar-refractivity contribution in [1.82, 2.24) is 10.0 Å². The molecule has 1 aromatic heterocycles. The molecule has 1 aliphatic heterocycles. The van der Waals surface area contributed by atoms with E-state index in [-0.39, 0.29) is 23.6 Å². The van der Waals surface area contributed by atoms with Crippen LogP contribution in [0.2, 0.25) is 0 Å². The van der Waals surface area contributed by atoms with E-state index in [1.807, 2.05) is 0 Å². The van der Waals surface area contributed by atoms with E-state index in [9.17, 15) is 32.6 Å². The minimum Gasteiger partial charge on any atom is -0.506 e. The summed E-state index contributed by atoms with van der Waals surface area (Å²) in [6.45, 7) is 2.75. The van der Waals surface area contributed by atoms with Gasteiger partial charge < -0.3 is 19.9 Å². The molecule has 30 heavy (non-hydrogen) atoms. The van der Waals surface area contributed by atoms with E-state index in [1.165, 1.54) is 12.1 Å². The lowest BCUT2D eigenvalue weighted by molar-refractivity contribution is -0.117. The molecule has 0 bridgehead atoms. The summed E-state index contributed by atoms with van der Waals surface area (Å²) in [6, 6.07) is 4.72. The van der Waals surface area contributed by atoms with Crippen molar-refractivity contribution >= 4 is 27.7 Å². The van der Waals surface area contributed by atoms with Gasteiger partial charge in [-0.3, -0.25) is 9.59 Å². The molecule has 0 unspecified atom stereocenters. The Morgan fingerprint density at radius 3 is 2.63 bits per heavy atom. The van der Waals surface area contributed by atoms with Crippen LogP contribution in [0.25, 0.3) is 11.3 Å². The zero-order chi connectivity index (χ0) is 22.3. The fourth-order valence-electron chi connectivity index (χ4n) is 2.80. The van der Waals surface area contributed by atoms with Crippen LogP contribution >= 0.6 is 0 Å². The molecule has 3 rings (SSSR count). The summed E-state index contributed by atoms with van der Waals surface area (Å²) in [7, 11) is -4.30. The number of carbonyl (C=O) groups is 2. The summed E-state index contributed by atoms with van der Waals surface area (Å²) in [4.78, 5) is 23.5. The van der Waals surface area contributed by atoms with E-state index in [4.69, 9.17) is 4.42 Å². The third-order valence-corrected chi connectivity index (χ3v) is 5.63. The molecule has 12 heteroatoms. The van der Waals surface area contributed by atoms with Crippen LogP contribution in [0.4, 0.5) is 10.1 Å². The van der Waals surface area contributed by atoms with Gasteiger partial charge >= 0.3 is 10.2 Å². The molecule has 1 aliphatic rings. The lowest BCUT2D eigenvalue weighted by Crippen LogP contribution is -2.30. The monoisotopic (exact) mass is 441 g/mol. The average molecular weight is 441 g/mol. The molecule has 4 N–H and O–H groups in total. The molecule has 2 aromatic rings. The summed E-state index contributed by atoms with van der Waals surface area (Å²) in [6.07, 6.45) is 0.323. The number of aliphatic hydroxyl groups is 1. The molecule has 162 valence electrons. The highest BCUT2D eigenvalue weighted by molar-refractivity contribution is 7.92. The predicted molar refractivity (Wildman–Crippen MR) is 103 cm³/mol. The summed E-state index contributed by atoms with van der Waals surface area (Å²) in [5.41, 5.74) is -1.56. The number of furan rings is 1.